The van der Waals surface area contributed by atoms with Gasteiger partial charge in [-0.2, -0.15) is 15.1 Å². The third-order valence-corrected chi connectivity index (χ3v) is 6.81. The minimum Gasteiger partial charge on any atom is -0.490 e. The molecule has 0 unspecified atom stereocenters. The second-order valence-corrected chi connectivity index (χ2v) is 9.69. The van der Waals surface area contributed by atoms with E-state index in [9.17, 15) is 4.79 Å². The molecule has 37 heavy (non-hydrogen) atoms. The minimum absolute atomic E-state index is 0.0543. The summed E-state index contributed by atoms with van der Waals surface area (Å²) in [5.74, 6) is 0.758. The molecule has 2 aliphatic heterocycles. The van der Waals surface area contributed by atoms with Crippen LogP contribution in [0.15, 0.2) is 76.6 Å². The zero-order valence-corrected chi connectivity index (χ0v) is 21.6. The standard InChI is InChI=1S/C27H22ClN5O3S/c1-16-5-7-22(17(2)12-16)35-10-11-36-23-8-6-18(14-21(23)28)13-20-24(29)33-27(31-25(20)34)37-26(32-33)19-4-3-9-30-15-19/h3-9,12-15,29H,10-11H2,1-2H3/b20-13-,29-24?. The van der Waals surface area contributed by atoms with E-state index in [1.165, 1.54) is 22.3 Å². The van der Waals surface area contributed by atoms with Gasteiger partial charge in [-0.05, 0) is 73.1 Å². The Bertz CT molecular complexity index is 1490. The third kappa shape index (κ3) is 5.42. The zero-order chi connectivity index (χ0) is 25.9. The molecule has 1 N–H and O–H groups in total. The van der Waals surface area contributed by atoms with E-state index < -0.39 is 5.91 Å². The van der Waals surface area contributed by atoms with E-state index in [-0.39, 0.29) is 11.4 Å². The Hall–Kier alpha value is -3.95. The molecule has 0 spiro atoms. The second kappa shape index (κ2) is 10.6. The van der Waals surface area contributed by atoms with Gasteiger partial charge in [-0.25, -0.2) is 0 Å². The molecule has 1 aromatic heterocycles. The number of benzene rings is 2. The number of hydrazone groups is 1. The number of nitrogens with one attached hydrogen (secondary N) is 1. The van der Waals surface area contributed by atoms with E-state index in [1.807, 2.05) is 32.0 Å². The van der Waals surface area contributed by atoms with Crippen LogP contribution in [0.3, 0.4) is 0 Å². The van der Waals surface area contributed by atoms with Crippen LogP contribution in [0, 0.1) is 19.3 Å². The van der Waals surface area contributed by atoms with Crippen LogP contribution in [-0.4, -0.2) is 45.2 Å². The smallest absolute Gasteiger partial charge is 0.283 e. The van der Waals surface area contributed by atoms with Gasteiger partial charge in [-0.3, -0.25) is 15.2 Å². The number of hydrogen-bond donors (Lipinski definition) is 1. The highest BCUT2D eigenvalue weighted by Crippen LogP contribution is 2.32. The molecule has 0 radical (unpaired) electrons. The maximum Gasteiger partial charge on any atom is 0.283 e. The molecule has 0 saturated carbocycles. The van der Waals surface area contributed by atoms with Crippen LogP contribution in [0.4, 0.5) is 0 Å². The number of ether oxygens (including phenoxy) is 2. The number of fused-ring (bicyclic) bond motifs is 1. The van der Waals surface area contributed by atoms with Crippen LogP contribution in [-0.2, 0) is 4.79 Å². The van der Waals surface area contributed by atoms with E-state index in [4.69, 9.17) is 26.5 Å². The lowest BCUT2D eigenvalue weighted by Gasteiger charge is -2.20. The number of amides is 1. The quantitative estimate of drug-likeness (QED) is 0.320. The van der Waals surface area contributed by atoms with Gasteiger partial charge >= 0.3 is 0 Å². The maximum atomic E-state index is 12.7. The number of aromatic nitrogens is 1. The zero-order valence-electron chi connectivity index (χ0n) is 20.1. The van der Waals surface area contributed by atoms with Crippen molar-refractivity contribution in [2.24, 2.45) is 10.1 Å². The predicted molar refractivity (Wildman–Crippen MR) is 147 cm³/mol. The van der Waals surface area contributed by atoms with E-state index in [0.717, 1.165) is 16.9 Å². The number of pyridine rings is 1. The molecule has 10 heteroatoms. The molecule has 2 aromatic carbocycles. The molecular formula is C27H22ClN5O3S. The summed E-state index contributed by atoms with van der Waals surface area (Å²) >= 11 is 7.66. The monoisotopic (exact) mass is 531 g/mol. The summed E-state index contributed by atoms with van der Waals surface area (Å²) in [5, 5.41) is 15.7. The van der Waals surface area contributed by atoms with Gasteiger partial charge in [-0.15, -0.1) is 0 Å². The van der Waals surface area contributed by atoms with E-state index >= 15 is 0 Å². The third-order valence-electron chi connectivity index (χ3n) is 5.56. The van der Waals surface area contributed by atoms with Crippen LogP contribution in [0.1, 0.15) is 22.3 Å². The van der Waals surface area contributed by atoms with Crippen molar-refractivity contribution < 1.29 is 14.3 Å². The fourth-order valence-electron chi connectivity index (χ4n) is 3.75. The van der Waals surface area contributed by atoms with Crippen LogP contribution < -0.4 is 9.47 Å². The van der Waals surface area contributed by atoms with Gasteiger partial charge in [-0.1, -0.05) is 35.4 Å². The van der Waals surface area contributed by atoms with Gasteiger partial charge in [0.15, 0.2) is 5.84 Å². The molecule has 0 bridgehead atoms. The number of carbonyl (C=O) groups excluding carboxylic acids is 1. The summed E-state index contributed by atoms with van der Waals surface area (Å²) in [7, 11) is 0. The molecule has 3 heterocycles. The van der Waals surface area contributed by atoms with Crippen LogP contribution >= 0.6 is 23.4 Å². The number of aliphatic imine (C=N–C) groups is 1. The van der Waals surface area contributed by atoms with Crippen molar-refractivity contribution in [2.45, 2.75) is 13.8 Å². The van der Waals surface area contributed by atoms with Crippen molar-refractivity contribution in [3.8, 4) is 11.5 Å². The Morgan fingerprint density at radius 3 is 2.59 bits per heavy atom. The van der Waals surface area contributed by atoms with Gasteiger partial charge in [0.1, 0.15) is 29.8 Å². The number of rotatable bonds is 7. The first-order valence-electron chi connectivity index (χ1n) is 11.4. The molecule has 5 rings (SSSR count). The number of hydrogen-bond acceptors (Lipinski definition) is 7. The number of thioether (sulfide) groups is 1. The SMILES string of the molecule is Cc1ccc(OCCOc2ccc(/C=C3/C(=N)N4N=C(c5cccnc5)SC4=NC3=O)cc2Cl)c(C)c1. The molecular weight excluding hydrogens is 510 g/mol. The van der Waals surface area contributed by atoms with Crippen molar-refractivity contribution in [3.63, 3.8) is 0 Å². The fourth-order valence-corrected chi connectivity index (χ4v) is 4.88. The van der Waals surface area contributed by atoms with Crippen molar-refractivity contribution >= 4 is 51.4 Å². The Morgan fingerprint density at radius 1 is 1.08 bits per heavy atom. The number of halogens is 1. The Labute approximate surface area is 223 Å². The lowest BCUT2D eigenvalue weighted by Crippen LogP contribution is -2.35. The van der Waals surface area contributed by atoms with Crippen molar-refractivity contribution in [1.82, 2.24) is 9.99 Å². The molecule has 186 valence electrons. The first-order chi connectivity index (χ1) is 17.9. The highest BCUT2D eigenvalue weighted by molar-refractivity contribution is 8.27. The summed E-state index contributed by atoms with van der Waals surface area (Å²) in [5.41, 5.74) is 3.80. The summed E-state index contributed by atoms with van der Waals surface area (Å²) in [6.45, 7) is 4.73. The number of amidine groups is 2. The number of carbonyl (C=O) groups is 1. The van der Waals surface area contributed by atoms with Gasteiger partial charge in [0.05, 0.1) is 10.6 Å². The molecule has 0 fully saturated rings. The summed E-state index contributed by atoms with van der Waals surface area (Å²) in [4.78, 5) is 20.9. The topological polar surface area (TPSA) is 100 Å². The van der Waals surface area contributed by atoms with E-state index in [2.05, 4.69) is 21.1 Å². The average Bonchev–Trinajstić information content (AvgIpc) is 3.31. The summed E-state index contributed by atoms with van der Waals surface area (Å²) in [6, 6.07) is 14.9. The lowest BCUT2D eigenvalue weighted by molar-refractivity contribution is -0.114. The molecule has 0 saturated heterocycles. The normalized spacial score (nSPS) is 16.0. The largest absolute Gasteiger partial charge is 0.490 e. The number of aryl methyl sites for hydroxylation is 2. The van der Waals surface area contributed by atoms with E-state index in [0.29, 0.717) is 39.8 Å². The molecule has 0 atom stereocenters. The van der Waals surface area contributed by atoms with Crippen molar-refractivity contribution in [1.29, 1.82) is 5.41 Å². The fraction of sp³-hybridized carbons (Fsp3) is 0.148. The highest BCUT2D eigenvalue weighted by Gasteiger charge is 2.36. The van der Waals surface area contributed by atoms with Crippen molar-refractivity contribution in [3.05, 3.63) is 93.8 Å². The molecule has 0 aliphatic carbocycles. The lowest BCUT2D eigenvalue weighted by atomic mass is 10.1. The highest BCUT2D eigenvalue weighted by atomic mass is 35.5. The average molecular weight is 532 g/mol. The van der Waals surface area contributed by atoms with E-state index in [1.54, 1.807) is 42.7 Å². The first-order valence-corrected chi connectivity index (χ1v) is 12.6. The van der Waals surface area contributed by atoms with Crippen LogP contribution in [0.5, 0.6) is 11.5 Å². The molecule has 2 aliphatic rings. The van der Waals surface area contributed by atoms with Crippen LogP contribution in [0.2, 0.25) is 5.02 Å². The van der Waals surface area contributed by atoms with Gasteiger partial charge in [0.2, 0.25) is 5.17 Å². The maximum absolute atomic E-state index is 12.7. The minimum atomic E-state index is -0.508. The predicted octanol–water partition coefficient (Wildman–Crippen LogP) is 5.48. The molecule has 3 aromatic rings. The Morgan fingerprint density at radius 2 is 1.86 bits per heavy atom. The summed E-state index contributed by atoms with van der Waals surface area (Å²) in [6.07, 6.45) is 4.92. The molecule has 1 amide bonds. The molecule has 8 nitrogen and oxygen atoms in total. The number of nitrogens with zero attached hydrogens (tertiary/aromatic N) is 4. The Balaban J connectivity index is 1.25. The Kier molecular flexibility index (Phi) is 7.07. The van der Waals surface area contributed by atoms with Gasteiger partial charge < -0.3 is 9.47 Å². The second-order valence-electron chi connectivity index (χ2n) is 8.32. The summed E-state index contributed by atoms with van der Waals surface area (Å²) < 4.78 is 11.6. The first kappa shape index (κ1) is 24.7. The van der Waals surface area contributed by atoms with Crippen LogP contribution in [0.25, 0.3) is 6.08 Å². The van der Waals surface area contributed by atoms with Gasteiger partial charge in [0, 0.05) is 18.0 Å². The van der Waals surface area contributed by atoms with Gasteiger partial charge in [0.25, 0.3) is 5.91 Å². The van der Waals surface area contributed by atoms with Crippen molar-refractivity contribution in [2.75, 3.05) is 13.2 Å².